The van der Waals surface area contributed by atoms with E-state index in [-0.39, 0.29) is 23.3 Å². The van der Waals surface area contributed by atoms with E-state index in [1.54, 1.807) is 24.3 Å². The average Bonchev–Trinajstić information content (AvgIpc) is 3.33. The van der Waals surface area contributed by atoms with Gasteiger partial charge in [0.2, 0.25) is 15.9 Å². The van der Waals surface area contributed by atoms with Crippen LogP contribution in [0.4, 0.5) is 5.69 Å². The van der Waals surface area contributed by atoms with Gasteiger partial charge in [0, 0.05) is 38.4 Å². The van der Waals surface area contributed by atoms with Crippen molar-refractivity contribution in [2.45, 2.75) is 44.0 Å². The normalized spacial score (nSPS) is 20.0. The summed E-state index contributed by atoms with van der Waals surface area (Å²) in [5.41, 5.74) is 3.30. The lowest BCUT2D eigenvalue weighted by Gasteiger charge is -2.31. The molecule has 0 spiro atoms. The minimum absolute atomic E-state index is 0.0765. The zero-order chi connectivity index (χ0) is 21.8. The van der Waals surface area contributed by atoms with Crippen molar-refractivity contribution in [2.24, 2.45) is 5.92 Å². The first-order valence-corrected chi connectivity index (χ1v) is 12.6. The van der Waals surface area contributed by atoms with Gasteiger partial charge in [0.05, 0.1) is 10.8 Å². The lowest BCUT2D eigenvalue weighted by Crippen LogP contribution is -2.45. The Bertz CT molecular complexity index is 997. The van der Waals surface area contributed by atoms with E-state index in [9.17, 15) is 13.2 Å². The van der Waals surface area contributed by atoms with Gasteiger partial charge < -0.3 is 10.2 Å². The second kappa shape index (κ2) is 9.40. The van der Waals surface area contributed by atoms with Crippen LogP contribution in [0.15, 0.2) is 53.4 Å². The predicted octanol–water partition coefficient (Wildman–Crippen LogP) is 3.31. The molecular weight excluding hydrogens is 410 g/mol. The van der Waals surface area contributed by atoms with E-state index in [1.807, 2.05) is 6.92 Å². The minimum atomic E-state index is -3.58. The molecule has 0 radical (unpaired) electrons. The largest absolute Gasteiger partial charge is 0.372 e. The third-order valence-corrected chi connectivity index (χ3v) is 8.17. The molecule has 2 heterocycles. The summed E-state index contributed by atoms with van der Waals surface area (Å²) in [6.07, 6.45) is 3.89. The number of nitrogens with one attached hydrogen (secondary N) is 1. The monoisotopic (exact) mass is 441 g/mol. The number of benzene rings is 2. The summed E-state index contributed by atoms with van der Waals surface area (Å²) in [6.45, 7) is 5.30. The third-order valence-electron chi connectivity index (χ3n) is 6.29. The fourth-order valence-electron chi connectivity index (χ4n) is 4.37. The van der Waals surface area contributed by atoms with E-state index in [4.69, 9.17) is 0 Å². The van der Waals surface area contributed by atoms with E-state index in [2.05, 4.69) is 34.5 Å². The van der Waals surface area contributed by atoms with Crippen LogP contribution in [0.1, 0.15) is 36.8 Å². The van der Waals surface area contributed by atoms with E-state index in [0.29, 0.717) is 25.9 Å². The zero-order valence-electron chi connectivity index (χ0n) is 18.1. The Balaban J connectivity index is 1.34. The molecule has 0 aromatic heterocycles. The molecule has 2 fully saturated rings. The molecule has 4 rings (SSSR count). The molecule has 31 heavy (non-hydrogen) atoms. The molecule has 1 atom stereocenters. The summed E-state index contributed by atoms with van der Waals surface area (Å²) < 4.78 is 27.4. The van der Waals surface area contributed by atoms with Crippen LogP contribution in [-0.4, -0.2) is 44.8 Å². The van der Waals surface area contributed by atoms with Crippen LogP contribution in [0.3, 0.4) is 0 Å². The molecule has 2 aliphatic heterocycles. The third kappa shape index (κ3) is 5.10. The Labute approximate surface area is 185 Å². The van der Waals surface area contributed by atoms with Crippen LogP contribution in [0.2, 0.25) is 0 Å². The standard InChI is InChI=1S/C24H31N3O3S/c1-19-6-12-23(13-7-19)31(29,30)27-16-4-5-21(18-27)24(28)25-17-20-8-10-22(11-9-20)26-14-2-3-15-26/h6-13,21H,2-5,14-18H2,1H3,(H,25,28). The number of nitrogens with zero attached hydrogens (tertiary/aromatic N) is 2. The van der Waals surface area contributed by atoms with Gasteiger partial charge in [-0.1, -0.05) is 29.8 Å². The Morgan fingerprint density at radius 2 is 1.65 bits per heavy atom. The maximum absolute atomic E-state index is 13.0. The van der Waals surface area contributed by atoms with Crippen molar-refractivity contribution in [3.05, 3.63) is 59.7 Å². The number of hydrogen-bond donors (Lipinski definition) is 1. The van der Waals surface area contributed by atoms with Crippen LogP contribution < -0.4 is 10.2 Å². The molecule has 1 unspecified atom stereocenters. The maximum atomic E-state index is 13.0. The summed E-state index contributed by atoms with van der Waals surface area (Å²) >= 11 is 0. The van der Waals surface area contributed by atoms with Crippen LogP contribution in [0.5, 0.6) is 0 Å². The first-order chi connectivity index (χ1) is 14.9. The minimum Gasteiger partial charge on any atom is -0.372 e. The van der Waals surface area contributed by atoms with Crippen LogP contribution >= 0.6 is 0 Å². The zero-order valence-corrected chi connectivity index (χ0v) is 18.9. The summed E-state index contributed by atoms with van der Waals surface area (Å²) in [6, 6.07) is 15.2. The number of carbonyl (C=O) groups is 1. The summed E-state index contributed by atoms with van der Waals surface area (Å²) in [4.78, 5) is 15.4. The highest BCUT2D eigenvalue weighted by Crippen LogP contribution is 2.25. The smallest absolute Gasteiger partial charge is 0.243 e. The molecule has 166 valence electrons. The van der Waals surface area contributed by atoms with Gasteiger partial charge in [-0.25, -0.2) is 8.42 Å². The van der Waals surface area contributed by atoms with Crippen LogP contribution in [-0.2, 0) is 21.4 Å². The summed E-state index contributed by atoms with van der Waals surface area (Å²) in [5.74, 6) is -0.398. The van der Waals surface area contributed by atoms with Crippen molar-refractivity contribution in [1.82, 2.24) is 9.62 Å². The quantitative estimate of drug-likeness (QED) is 0.747. The maximum Gasteiger partial charge on any atom is 0.243 e. The fourth-order valence-corrected chi connectivity index (χ4v) is 5.89. The number of amides is 1. The number of anilines is 1. The number of piperidine rings is 1. The Morgan fingerprint density at radius 3 is 2.32 bits per heavy atom. The molecule has 2 aromatic carbocycles. The number of aryl methyl sites for hydroxylation is 1. The molecule has 7 heteroatoms. The second-order valence-corrected chi connectivity index (χ2v) is 10.5. The average molecular weight is 442 g/mol. The molecule has 2 aromatic rings. The van der Waals surface area contributed by atoms with Crippen molar-refractivity contribution >= 4 is 21.6 Å². The van der Waals surface area contributed by atoms with Crippen molar-refractivity contribution < 1.29 is 13.2 Å². The highest BCUT2D eigenvalue weighted by molar-refractivity contribution is 7.89. The summed E-state index contributed by atoms with van der Waals surface area (Å²) in [7, 11) is -3.58. The van der Waals surface area contributed by atoms with E-state index in [0.717, 1.165) is 24.2 Å². The molecule has 6 nitrogen and oxygen atoms in total. The van der Waals surface area contributed by atoms with Crippen molar-refractivity contribution in [3.8, 4) is 0 Å². The molecule has 1 N–H and O–H groups in total. The van der Waals surface area contributed by atoms with E-state index in [1.165, 1.54) is 22.8 Å². The lowest BCUT2D eigenvalue weighted by atomic mass is 9.98. The van der Waals surface area contributed by atoms with Gasteiger partial charge in [-0.3, -0.25) is 4.79 Å². The van der Waals surface area contributed by atoms with Crippen molar-refractivity contribution in [1.29, 1.82) is 0 Å². The van der Waals surface area contributed by atoms with Gasteiger partial charge in [-0.2, -0.15) is 4.31 Å². The first-order valence-electron chi connectivity index (χ1n) is 11.1. The van der Waals surface area contributed by atoms with Crippen LogP contribution in [0.25, 0.3) is 0 Å². The highest BCUT2D eigenvalue weighted by Gasteiger charge is 2.33. The van der Waals surface area contributed by atoms with Gasteiger partial charge in [0.25, 0.3) is 0 Å². The van der Waals surface area contributed by atoms with Gasteiger partial charge in [-0.15, -0.1) is 0 Å². The Hall–Kier alpha value is -2.38. The highest BCUT2D eigenvalue weighted by atomic mass is 32.2. The molecule has 0 aliphatic carbocycles. The molecule has 2 aliphatic rings. The number of rotatable bonds is 6. The molecule has 0 bridgehead atoms. The predicted molar refractivity (Wildman–Crippen MR) is 122 cm³/mol. The Kier molecular flexibility index (Phi) is 6.62. The van der Waals surface area contributed by atoms with Crippen molar-refractivity contribution in [3.63, 3.8) is 0 Å². The summed E-state index contributed by atoms with van der Waals surface area (Å²) in [5, 5.41) is 3.00. The fraction of sp³-hybridized carbons (Fsp3) is 0.458. The van der Waals surface area contributed by atoms with E-state index < -0.39 is 10.0 Å². The lowest BCUT2D eigenvalue weighted by molar-refractivity contribution is -0.126. The van der Waals surface area contributed by atoms with Gasteiger partial charge >= 0.3 is 0 Å². The molecule has 2 saturated heterocycles. The van der Waals surface area contributed by atoms with Crippen LogP contribution in [0, 0.1) is 12.8 Å². The van der Waals surface area contributed by atoms with Gasteiger partial charge in [0.15, 0.2) is 0 Å². The number of sulfonamides is 1. The van der Waals surface area contributed by atoms with E-state index >= 15 is 0 Å². The number of hydrogen-bond acceptors (Lipinski definition) is 4. The topological polar surface area (TPSA) is 69.7 Å². The van der Waals surface area contributed by atoms with Crippen molar-refractivity contribution in [2.75, 3.05) is 31.1 Å². The first kappa shape index (κ1) is 21.8. The SMILES string of the molecule is Cc1ccc(S(=O)(=O)N2CCCC(C(=O)NCc3ccc(N4CCCC4)cc3)C2)cc1. The second-order valence-electron chi connectivity index (χ2n) is 8.59. The molecule has 0 saturated carbocycles. The Morgan fingerprint density at radius 1 is 0.968 bits per heavy atom. The molecule has 1 amide bonds. The number of carbonyl (C=O) groups excluding carboxylic acids is 1. The molecular formula is C24H31N3O3S. The van der Waals surface area contributed by atoms with Gasteiger partial charge in [-0.05, 0) is 62.4 Å². The van der Waals surface area contributed by atoms with Gasteiger partial charge in [0.1, 0.15) is 0 Å².